The monoisotopic (exact) mass is 953 g/mol. The van der Waals surface area contributed by atoms with Gasteiger partial charge >= 0.3 is 17.9 Å². The molecule has 0 fully saturated rings. The van der Waals surface area contributed by atoms with Crippen molar-refractivity contribution in [1.29, 1.82) is 0 Å². The van der Waals surface area contributed by atoms with Crippen LogP contribution in [0.4, 0.5) is 0 Å². The summed E-state index contributed by atoms with van der Waals surface area (Å²) in [5.74, 6) is -0.975. The summed E-state index contributed by atoms with van der Waals surface area (Å²) in [6, 6.07) is 0. The summed E-state index contributed by atoms with van der Waals surface area (Å²) in [5, 5.41) is 0. The Balaban J connectivity index is 4.53. The third kappa shape index (κ3) is 54.4. The first kappa shape index (κ1) is 64.5. The first-order chi connectivity index (χ1) is 34.0. The van der Waals surface area contributed by atoms with Crippen LogP contribution in [0.3, 0.4) is 0 Å². The van der Waals surface area contributed by atoms with Gasteiger partial charge in [-0.25, -0.2) is 0 Å². The minimum absolute atomic E-state index is 0.108. The Bertz CT molecular complexity index is 1510. The number of hydrogen-bond acceptors (Lipinski definition) is 6. The number of ether oxygens (including phenoxy) is 3. The molecule has 0 N–H and O–H groups in total. The Morgan fingerprint density at radius 1 is 0.319 bits per heavy atom. The van der Waals surface area contributed by atoms with Gasteiger partial charge in [-0.1, -0.05) is 238 Å². The standard InChI is InChI=1S/C63H100O6/c1-4-7-10-13-16-19-22-25-28-30-31-33-35-38-41-44-47-50-53-56-62(65)68-59-60(58-67-61(64)55-52-49-46-43-40-37-34-27-24-21-18-15-12-9-6-3)69-63(66)57-54-51-48-45-42-39-36-32-29-26-23-20-17-14-11-8-5-2/h7-8,10-11,14,16-17,19-21,23-26,28-29,31-33,36,39,42,60H,4-6,9,12-13,15,18,22,27,30,34-35,37-38,40-41,43-59H2,1-3H3/b10-7-,11-8-,17-14-,19-16-,23-20-,24-21-,28-25-,29-26-,33-31-,36-32+,42-39-. The van der Waals surface area contributed by atoms with Crippen LogP contribution in [0.15, 0.2) is 134 Å². The molecular weight excluding hydrogens is 853 g/mol. The first-order valence-electron chi connectivity index (χ1n) is 27.8. The molecule has 1 unspecified atom stereocenters. The van der Waals surface area contributed by atoms with E-state index < -0.39 is 6.10 Å². The minimum Gasteiger partial charge on any atom is -0.462 e. The Morgan fingerprint density at radius 2 is 0.638 bits per heavy atom. The Kier molecular flexibility index (Phi) is 52.5. The molecular formula is C63H100O6. The number of esters is 3. The second-order valence-electron chi connectivity index (χ2n) is 17.9. The quantitative estimate of drug-likeness (QED) is 0.0199. The maximum absolute atomic E-state index is 12.8. The zero-order chi connectivity index (χ0) is 50.0. The van der Waals surface area contributed by atoms with Crippen molar-refractivity contribution in [1.82, 2.24) is 0 Å². The van der Waals surface area contributed by atoms with E-state index >= 15 is 0 Å². The summed E-state index contributed by atoms with van der Waals surface area (Å²) in [6.07, 6.45) is 78.6. The number of carbonyl (C=O) groups excluding carboxylic acids is 3. The largest absolute Gasteiger partial charge is 0.462 e. The summed E-state index contributed by atoms with van der Waals surface area (Å²) in [6.45, 7) is 6.31. The molecule has 0 aliphatic carbocycles. The molecule has 0 aromatic carbocycles. The fourth-order valence-electron chi connectivity index (χ4n) is 7.16. The molecule has 0 aromatic heterocycles. The molecule has 0 rings (SSSR count). The molecule has 69 heavy (non-hydrogen) atoms. The van der Waals surface area contributed by atoms with Gasteiger partial charge in [-0.2, -0.15) is 0 Å². The van der Waals surface area contributed by atoms with Gasteiger partial charge < -0.3 is 14.2 Å². The van der Waals surface area contributed by atoms with E-state index in [4.69, 9.17) is 14.2 Å². The van der Waals surface area contributed by atoms with Gasteiger partial charge in [0.25, 0.3) is 0 Å². The van der Waals surface area contributed by atoms with Crippen LogP contribution >= 0.6 is 0 Å². The number of rotatable bonds is 48. The third-order valence-electron chi connectivity index (χ3n) is 11.3. The van der Waals surface area contributed by atoms with Crippen molar-refractivity contribution in [3.05, 3.63) is 134 Å². The molecule has 0 aromatic rings. The van der Waals surface area contributed by atoms with Crippen LogP contribution in [0.5, 0.6) is 0 Å². The number of hydrogen-bond donors (Lipinski definition) is 0. The normalized spacial score (nSPS) is 13.1. The first-order valence-corrected chi connectivity index (χ1v) is 27.8. The lowest BCUT2D eigenvalue weighted by molar-refractivity contribution is -0.167. The molecule has 0 saturated heterocycles. The Labute approximate surface area is 424 Å². The molecule has 0 bridgehead atoms. The van der Waals surface area contributed by atoms with E-state index in [9.17, 15) is 14.4 Å². The SMILES string of the molecule is CC\C=C/C=C\C=C/C=C\C=C\C=C/CCCCCC(=O)OC(COC(=O)CCCCCCCC/C=C\C/C=C\C/C=C\C/C=C\CC)COC(=O)CCCCCCCCC/C=C\CCCCCC. The summed E-state index contributed by atoms with van der Waals surface area (Å²) in [5.41, 5.74) is 0. The molecule has 1 atom stereocenters. The van der Waals surface area contributed by atoms with Gasteiger partial charge in [0, 0.05) is 19.3 Å². The molecule has 0 amide bonds. The van der Waals surface area contributed by atoms with Gasteiger partial charge in [-0.05, 0) is 103 Å². The molecule has 0 saturated carbocycles. The van der Waals surface area contributed by atoms with Crippen LogP contribution in [-0.4, -0.2) is 37.2 Å². The van der Waals surface area contributed by atoms with Gasteiger partial charge in [-0.3, -0.25) is 14.4 Å². The molecule has 0 radical (unpaired) electrons. The van der Waals surface area contributed by atoms with Crippen molar-refractivity contribution in [3.8, 4) is 0 Å². The van der Waals surface area contributed by atoms with Crippen molar-refractivity contribution < 1.29 is 28.6 Å². The lowest BCUT2D eigenvalue weighted by Gasteiger charge is -2.18. The highest BCUT2D eigenvalue weighted by molar-refractivity contribution is 5.71. The van der Waals surface area contributed by atoms with Crippen molar-refractivity contribution in [2.75, 3.05) is 13.2 Å². The highest BCUT2D eigenvalue weighted by Crippen LogP contribution is 2.14. The molecule has 6 nitrogen and oxygen atoms in total. The van der Waals surface area contributed by atoms with Crippen LogP contribution in [0.1, 0.15) is 226 Å². The van der Waals surface area contributed by atoms with Crippen molar-refractivity contribution in [3.63, 3.8) is 0 Å². The van der Waals surface area contributed by atoms with Crippen molar-refractivity contribution in [2.45, 2.75) is 232 Å². The Hall–Kier alpha value is -4.45. The smallest absolute Gasteiger partial charge is 0.306 e. The van der Waals surface area contributed by atoms with Crippen LogP contribution in [0, 0.1) is 0 Å². The fraction of sp³-hybridized carbons (Fsp3) is 0.603. The van der Waals surface area contributed by atoms with Crippen molar-refractivity contribution >= 4 is 17.9 Å². The van der Waals surface area contributed by atoms with E-state index in [-0.39, 0.29) is 37.5 Å². The zero-order valence-corrected chi connectivity index (χ0v) is 44.3. The number of carbonyl (C=O) groups is 3. The van der Waals surface area contributed by atoms with Crippen LogP contribution in [-0.2, 0) is 28.6 Å². The summed E-state index contributed by atoms with van der Waals surface area (Å²) in [7, 11) is 0. The minimum atomic E-state index is -0.815. The third-order valence-corrected chi connectivity index (χ3v) is 11.3. The zero-order valence-electron chi connectivity index (χ0n) is 44.3. The van der Waals surface area contributed by atoms with Crippen LogP contribution in [0.25, 0.3) is 0 Å². The van der Waals surface area contributed by atoms with E-state index in [1.54, 1.807) is 0 Å². The van der Waals surface area contributed by atoms with E-state index in [1.165, 1.54) is 77.0 Å². The molecule has 0 aliphatic heterocycles. The second-order valence-corrected chi connectivity index (χ2v) is 17.9. The molecule has 388 valence electrons. The maximum Gasteiger partial charge on any atom is 0.306 e. The van der Waals surface area contributed by atoms with Crippen LogP contribution in [0.2, 0.25) is 0 Å². The summed E-state index contributed by atoms with van der Waals surface area (Å²) >= 11 is 0. The maximum atomic E-state index is 12.8. The van der Waals surface area contributed by atoms with E-state index in [1.807, 2.05) is 60.8 Å². The van der Waals surface area contributed by atoms with Gasteiger partial charge in [0.05, 0.1) is 0 Å². The lowest BCUT2D eigenvalue weighted by Crippen LogP contribution is -2.30. The highest BCUT2D eigenvalue weighted by atomic mass is 16.6. The summed E-state index contributed by atoms with van der Waals surface area (Å²) in [4.78, 5) is 38.1. The van der Waals surface area contributed by atoms with Gasteiger partial charge in [0.1, 0.15) is 13.2 Å². The van der Waals surface area contributed by atoms with Crippen LogP contribution < -0.4 is 0 Å². The van der Waals surface area contributed by atoms with Gasteiger partial charge in [0.2, 0.25) is 0 Å². The van der Waals surface area contributed by atoms with Gasteiger partial charge in [0.15, 0.2) is 6.10 Å². The fourth-order valence-corrected chi connectivity index (χ4v) is 7.16. The average Bonchev–Trinajstić information content (AvgIpc) is 3.35. The van der Waals surface area contributed by atoms with Gasteiger partial charge in [-0.15, -0.1) is 0 Å². The predicted octanol–water partition coefficient (Wildman–Crippen LogP) is 18.6. The number of unbranched alkanes of at least 4 members (excludes halogenated alkanes) is 20. The topological polar surface area (TPSA) is 78.9 Å². The predicted molar refractivity (Wildman–Crippen MR) is 297 cm³/mol. The molecule has 0 heterocycles. The second kappa shape index (κ2) is 56.1. The molecule has 0 spiro atoms. The highest BCUT2D eigenvalue weighted by Gasteiger charge is 2.19. The molecule has 0 aliphatic rings. The lowest BCUT2D eigenvalue weighted by atomic mass is 10.1. The van der Waals surface area contributed by atoms with E-state index in [0.29, 0.717) is 19.3 Å². The number of allylic oxidation sites excluding steroid dienone is 22. The van der Waals surface area contributed by atoms with E-state index in [0.717, 1.165) is 103 Å². The average molecular weight is 953 g/mol. The Morgan fingerprint density at radius 3 is 1.09 bits per heavy atom. The summed E-state index contributed by atoms with van der Waals surface area (Å²) < 4.78 is 16.8. The van der Waals surface area contributed by atoms with E-state index in [2.05, 4.69) is 93.7 Å². The molecule has 6 heteroatoms. The van der Waals surface area contributed by atoms with Crippen molar-refractivity contribution in [2.24, 2.45) is 0 Å².